The summed E-state index contributed by atoms with van der Waals surface area (Å²) < 4.78 is 5.46. The Balaban J connectivity index is 2.63. The van der Waals surface area contributed by atoms with Crippen molar-refractivity contribution in [1.29, 1.82) is 0 Å². The summed E-state index contributed by atoms with van der Waals surface area (Å²) in [7, 11) is 0.780. The minimum atomic E-state index is -0.431. The molecule has 0 spiro atoms. The lowest BCUT2D eigenvalue weighted by Gasteiger charge is -2.31. The van der Waals surface area contributed by atoms with Gasteiger partial charge in [0.25, 0.3) is 0 Å². The molecule has 1 unspecified atom stereocenters. The first kappa shape index (κ1) is 8.68. The summed E-state index contributed by atoms with van der Waals surface area (Å²) >= 11 is 0. The number of hydrogen-bond donors (Lipinski definition) is 0. The molecule has 62 valence electrons. The third-order valence-electron chi connectivity index (χ3n) is 2.18. The predicted molar refractivity (Wildman–Crippen MR) is 47.7 cm³/mol. The topological polar surface area (TPSA) is 26.3 Å². The monoisotopic (exact) mass is 170 g/mol. The van der Waals surface area contributed by atoms with E-state index >= 15 is 0 Å². The fourth-order valence-corrected chi connectivity index (χ4v) is 2.11. The minimum absolute atomic E-state index is 0.0730. The van der Waals surface area contributed by atoms with Gasteiger partial charge in [0, 0.05) is 6.61 Å². The van der Waals surface area contributed by atoms with Gasteiger partial charge in [0.2, 0.25) is 0 Å². The summed E-state index contributed by atoms with van der Waals surface area (Å²) in [5, 5.41) is -0.431. The molecular weight excluding hydrogens is 156 g/mol. The van der Waals surface area contributed by atoms with Crippen LogP contribution >= 0.6 is 0 Å². The third-order valence-corrected chi connectivity index (χ3v) is 3.46. The van der Waals surface area contributed by atoms with Gasteiger partial charge in [0.15, 0.2) is 5.78 Å². The van der Waals surface area contributed by atoms with E-state index in [0.29, 0.717) is 0 Å². The van der Waals surface area contributed by atoms with Gasteiger partial charge >= 0.3 is 0 Å². The van der Waals surface area contributed by atoms with Crippen molar-refractivity contribution in [3.8, 4) is 0 Å². The summed E-state index contributed by atoms with van der Waals surface area (Å²) in [6.07, 6.45) is 4.49. The van der Waals surface area contributed by atoms with Crippen LogP contribution in [0.3, 0.4) is 0 Å². The molecule has 1 aliphatic rings. The molecule has 1 atom stereocenters. The van der Waals surface area contributed by atoms with Crippen LogP contribution in [-0.4, -0.2) is 27.9 Å². The van der Waals surface area contributed by atoms with E-state index in [2.05, 4.69) is 6.58 Å². The fourth-order valence-electron chi connectivity index (χ4n) is 1.34. The average Bonchev–Trinajstić information content (AvgIpc) is 2.04. The molecule has 0 radical (unpaired) electrons. The summed E-state index contributed by atoms with van der Waals surface area (Å²) in [5.74, 6) is 0.0730. The van der Waals surface area contributed by atoms with E-state index in [0.717, 1.165) is 36.1 Å². The van der Waals surface area contributed by atoms with Gasteiger partial charge in [-0.05, 0) is 25.3 Å². The van der Waals surface area contributed by atoms with Crippen molar-refractivity contribution in [2.24, 2.45) is 0 Å². The van der Waals surface area contributed by atoms with Crippen LogP contribution in [-0.2, 0) is 9.53 Å². The van der Waals surface area contributed by atoms with Crippen molar-refractivity contribution in [2.45, 2.75) is 24.5 Å². The number of rotatable bonds is 2. The van der Waals surface area contributed by atoms with Crippen LogP contribution in [0.25, 0.3) is 0 Å². The second kappa shape index (κ2) is 3.32. The van der Waals surface area contributed by atoms with E-state index in [4.69, 9.17) is 4.74 Å². The zero-order valence-corrected chi connectivity index (χ0v) is 8.93. The first-order valence-corrected chi connectivity index (χ1v) is 5.00. The molecule has 0 aromatic carbocycles. The smallest absolute Gasteiger partial charge is 0.182 e. The summed E-state index contributed by atoms with van der Waals surface area (Å²) in [5.41, 5.74) is 0. The second-order valence-corrected chi connectivity index (χ2v) is 4.72. The Hall–Kier alpha value is -0.413. The Bertz CT molecular complexity index is 171. The third kappa shape index (κ3) is 1.78. The highest BCUT2D eigenvalue weighted by Crippen LogP contribution is 2.22. The highest BCUT2D eigenvalue weighted by Gasteiger charge is 2.33. The lowest BCUT2D eigenvalue weighted by molar-refractivity contribution is -0.133. The second-order valence-electron chi connectivity index (χ2n) is 3.10. The van der Waals surface area contributed by atoms with Crippen LogP contribution in [0.4, 0.5) is 0 Å². The maximum Gasteiger partial charge on any atom is 0.182 e. The van der Waals surface area contributed by atoms with Gasteiger partial charge in [-0.3, -0.25) is 4.79 Å². The lowest BCUT2D eigenvalue weighted by atomic mass is 10.0. The van der Waals surface area contributed by atoms with Crippen LogP contribution in [0.5, 0.6) is 0 Å². The van der Waals surface area contributed by atoms with Crippen molar-refractivity contribution in [3.05, 3.63) is 12.7 Å². The van der Waals surface area contributed by atoms with E-state index in [-0.39, 0.29) is 5.78 Å². The molecule has 3 heteroatoms. The van der Waals surface area contributed by atoms with E-state index < -0.39 is 5.22 Å². The Morgan fingerprint density at radius 3 is 2.82 bits per heavy atom. The molecular formula is C8H14O2Si. The summed E-state index contributed by atoms with van der Waals surface area (Å²) in [6.45, 7) is 4.21. The predicted octanol–water partition coefficient (Wildman–Crippen LogP) is 0.00370. The highest BCUT2D eigenvalue weighted by atomic mass is 28.1. The quantitative estimate of drug-likeness (QED) is 0.431. The van der Waals surface area contributed by atoms with Crippen LogP contribution in [0.2, 0.25) is 0 Å². The van der Waals surface area contributed by atoms with Gasteiger partial charge < -0.3 is 4.74 Å². The highest BCUT2D eigenvalue weighted by molar-refractivity contribution is 6.30. The molecule has 1 heterocycles. The van der Waals surface area contributed by atoms with Gasteiger partial charge in [-0.2, -0.15) is 0 Å². The van der Waals surface area contributed by atoms with E-state index in [1.807, 2.05) is 0 Å². The van der Waals surface area contributed by atoms with Crippen LogP contribution in [0, 0.1) is 0 Å². The van der Waals surface area contributed by atoms with E-state index in [9.17, 15) is 4.79 Å². The average molecular weight is 170 g/mol. The molecule has 0 saturated carbocycles. The molecule has 0 aromatic rings. The molecule has 0 aromatic heterocycles. The summed E-state index contributed by atoms with van der Waals surface area (Å²) in [6, 6.07) is 0. The van der Waals surface area contributed by atoms with Crippen molar-refractivity contribution in [1.82, 2.24) is 0 Å². The van der Waals surface area contributed by atoms with Crippen molar-refractivity contribution < 1.29 is 9.53 Å². The Morgan fingerprint density at radius 2 is 2.36 bits per heavy atom. The zero-order chi connectivity index (χ0) is 8.32. The Morgan fingerprint density at radius 1 is 1.64 bits per heavy atom. The number of hydrogen-bond acceptors (Lipinski definition) is 2. The number of carbonyl (C=O) groups is 1. The SMILES string of the molecule is C=CC(=O)C1([SiH3])CCCCO1. The normalized spacial score (nSPS) is 31.6. The van der Waals surface area contributed by atoms with E-state index in [1.54, 1.807) is 0 Å². The molecule has 1 saturated heterocycles. The molecule has 0 amide bonds. The van der Waals surface area contributed by atoms with Gasteiger partial charge in [0.1, 0.15) is 5.22 Å². The standard InChI is InChI=1S/C8H14O2Si/c1-2-7(9)8(11)5-3-4-6-10-8/h2H,1,3-6H2,11H3. The van der Waals surface area contributed by atoms with Crippen molar-refractivity contribution in [2.75, 3.05) is 6.61 Å². The zero-order valence-electron chi connectivity index (χ0n) is 6.93. The summed E-state index contributed by atoms with van der Waals surface area (Å²) in [4.78, 5) is 11.3. The molecule has 0 aliphatic carbocycles. The Kier molecular flexibility index (Phi) is 2.62. The fraction of sp³-hybridized carbons (Fsp3) is 0.625. The molecule has 0 N–H and O–H groups in total. The lowest BCUT2D eigenvalue weighted by Crippen LogP contribution is -2.43. The molecule has 1 rings (SSSR count). The van der Waals surface area contributed by atoms with Crippen LogP contribution in [0.1, 0.15) is 19.3 Å². The first-order valence-electron chi connectivity index (χ1n) is 4.00. The van der Waals surface area contributed by atoms with Crippen molar-refractivity contribution in [3.63, 3.8) is 0 Å². The van der Waals surface area contributed by atoms with Gasteiger partial charge in [-0.15, -0.1) is 0 Å². The van der Waals surface area contributed by atoms with Gasteiger partial charge in [0.05, 0.1) is 10.2 Å². The first-order chi connectivity index (χ1) is 5.19. The molecule has 1 aliphatic heterocycles. The van der Waals surface area contributed by atoms with Crippen LogP contribution < -0.4 is 0 Å². The maximum absolute atomic E-state index is 11.3. The van der Waals surface area contributed by atoms with Gasteiger partial charge in [-0.1, -0.05) is 6.58 Å². The maximum atomic E-state index is 11.3. The van der Waals surface area contributed by atoms with Crippen molar-refractivity contribution >= 4 is 16.0 Å². The molecule has 11 heavy (non-hydrogen) atoms. The minimum Gasteiger partial charge on any atom is -0.372 e. The van der Waals surface area contributed by atoms with Crippen LogP contribution in [0.15, 0.2) is 12.7 Å². The molecule has 0 bridgehead atoms. The number of carbonyl (C=O) groups excluding carboxylic acids is 1. The van der Waals surface area contributed by atoms with E-state index in [1.165, 1.54) is 6.08 Å². The molecule has 2 nitrogen and oxygen atoms in total. The molecule has 1 fully saturated rings. The van der Waals surface area contributed by atoms with Gasteiger partial charge in [-0.25, -0.2) is 0 Å². The number of ether oxygens (including phenoxy) is 1. The largest absolute Gasteiger partial charge is 0.372 e. The number of ketones is 1. The Labute approximate surface area is 70.0 Å².